The molecule has 0 aliphatic carbocycles. The highest BCUT2D eigenvalue weighted by molar-refractivity contribution is 7.79. The van der Waals surface area contributed by atoms with E-state index in [2.05, 4.69) is 0 Å². The van der Waals surface area contributed by atoms with Crippen LogP contribution in [-0.4, -0.2) is 15.9 Å². The molecule has 4 heteroatoms. The minimum atomic E-state index is -1.99. The fraction of sp³-hybridized carbons (Fsp3) is 0.333. The van der Waals surface area contributed by atoms with Crippen LogP contribution >= 0.6 is 0 Å². The average molecular weight is 200 g/mol. The molecule has 3 nitrogen and oxygen atoms in total. The topological polar surface area (TPSA) is 46.5 Å². The number of rotatable bonds is 2. The molecule has 1 atom stereocenters. The highest BCUT2D eigenvalue weighted by atomic mass is 32.2. The minimum absolute atomic E-state index is 0.363. The van der Waals surface area contributed by atoms with Gasteiger partial charge in [0.1, 0.15) is 10.6 Å². The van der Waals surface area contributed by atoms with Crippen molar-refractivity contribution in [3.63, 3.8) is 0 Å². The van der Waals surface area contributed by atoms with E-state index in [9.17, 15) is 4.21 Å². The Labute approximate surface area is 80.0 Å². The number of methoxy groups -OCH3 is 1. The molecule has 1 N–H and O–H groups in total. The molecular formula is C9H12O3S. The van der Waals surface area contributed by atoms with Gasteiger partial charge in [0.05, 0.1) is 7.11 Å². The molecule has 0 spiro atoms. The van der Waals surface area contributed by atoms with Gasteiger partial charge in [0.15, 0.2) is 11.1 Å². The van der Waals surface area contributed by atoms with Crippen LogP contribution in [0.15, 0.2) is 17.0 Å². The molecule has 0 saturated carbocycles. The molecule has 0 fully saturated rings. The Morgan fingerprint density at radius 3 is 2.46 bits per heavy atom. The summed E-state index contributed by atoms with van der Waals surface area (Å²) in [7, 11) is 1.49. The second kappa shape index (κ2) is 3.89. The van der Waals surface area contributed by atoms with Crippen molar-refractivity contribution >= 4 is 11.1 Å². The number of hydrogen-bond donors (Lipinski definition) is 1. The number of hydrogen-bond acceptors (Lipinski definition) is 2. The van der Waals surface area contributed by atoms with Crippen LogP contribution in [0.2, 0.25) is 0 Å². The third-order valence-corrected chi connectivity index (χ3v) is 2.89. The Hall–Kier alpha value is -0.870. The molecule has 72 valence electrons. The molecule has 0 radical (unpaired) electrons. The Morgan fingerprint density at radius 2 is 2.00 bits per heavy atom. The Bertz CT molecular complexity index is 347. The van der Waals surface area contributed by atoms with E-state index >= 15 is 0 Å². The van der Waals surface area contributed by atoms with Crippen LogP contribution in [0.25, 0.3) is 0 Å². The van der Waals surface area contributed by atoms with Crippen molar-refractivity contribution in [1.82, 2.24) is 0 Å². The zero-order valence-corrected chi connectivity index (χ0v) is 8.64. The first-order valence-corrected chi connectivity index (χ1v) is 4.93. The first-order valence-electron chi connectivity index (χ1n) is 3.83. The normalized spacial score (nSPS) is 12.6. The van der Waals surface area contributed by atoms with Gasteiger partial charge in [-0.05, 0) is 31.0 Å². The van der Waals surface area contributed by atoms with E-state index in [4.69, 9.17) is 9.29 Å². The second-order valence-electron chi connectivity index (χ2n) is 2.79. The zero-order chi connectivity index (χ0) is 10.0. The van der Waals surface area contributed by atoms with Crippen molar-refractivity contribution in [3.05, 3.63) is 23.3 Å². The summed E-state index contributed by atoms with van der Waals surface area (Å²) in [5, 5.41) is 0. The number of ether oxygens (including phenoxy) is 1. The van der Waals surface area contributed by atoms with Crippen LogP contribution in [0.1, 0.15) is 11.1 Å². The third kappa shape index (κ3) is 1.89. The predicted octanol–water partition coefficient (Wildman–Crippen LogP) is 1.89. The molecule has 1 aromatic rings. The molecule has 0 aromatic heterocycles. The van der Waals surface area contributed by atoms with E-state index < -0.39 is 11.1 Å². The van der Waals surface area contributed by atoms with Gasteiger partial charge < -0.3 is 9.29 Å². The molecule has 1 unspecified atom stereocenters. The van der Waals surface area contributed by atoms with Gasteiger partial charge >= 0.3 is 0 Å². The lowest BCUT2D eigenvalue weighted by Gasteiger charge is -2.09. The molecule has 13 heavy (non-hydrogen) atoms. The van der Waals surface area contributed by atoms with Crippen LogP contribution in [-0.2, 0) is 11.1 Å². The zero-order valence-electron chi connectivity index (χ0n) is 7.83. The van der Waals surface area contributed by atoms with Crippen LogP contribution in [0.5, 0.6) is 5.75 Å². The van der Waals surface area contributed by atoms with E-state index in [0.717, 1.165) is 11.1 Å². The van der Waals surface area contributed by atoms with Crippen molar-refractivity contribution in [2.24, 2.45) is 0 Å². The van der Waals surface area contributed by atoms with Crippen molar-refractivity contribution in [2.45, 2.75) is 18.7 Å². The standard InChI is InChI=1S/C9H12O3S/c1-6-4-5-8(12-3)9(7(6)2)13(10)11/h4-5H,1-3H3,(H,10,11). The smallest absolute Gasteiger partial charge is 0.190 e. The molecule has 0 amide bonds. The third-order valence-electron chi connectivity index (χ3n) is 2.04. The van der Waals surface area contributed by atoms with Crippen molar-refractivity contribution in [3.8, 4) is 5.75 Å². The first kappa shape index (κ1) is 10.2. The molecule has 1 rings (SSSR count). The van der Waals surface area contributed by atoms with Gasteiger partial charge in [0.2, 0.25) is 0 Å². The lowest BCUT2D eigenvalue weighted by Crippen LogP contribution is -1.99. The number of benzene rings is 1. The second-order valence-corrected chi connectivity index (χ2v) is 3.69. The van der Waals surface area contributed by atoms with E-state index in [1.165, 1.54) is 7.11 Å². The SMILES string of the molecule is COc1ccc(C)c(C)c1S(=O)O. The van der Waals surface area contributed by atoms with Gasteiger partial charge in [0.25, 0.3) is 0 Å². The lowest BCUT2D eigenvalue weighted by molar-refractivity contribution is 0.401. The summed E-state index contributed by atoms with van der Waals surface area (Å²) in [6.07, 6.45) is 0. The molecule has 0 heterocycles. The van der Waals surface area contributed by atoms with Crippen molar-refractivity contribution in [2.75, 3.05) is 7.11 Å². The summed E-state index contributed by atoms with van der Waals surface area (Å²) < 4.78 is 25.0. The Morgan fingerprint density at radius 1 is 1.38 bits per heavy atom. The van der Waals surface area contributed by atoms with Crippen molar-refractivity contribution in [1.29, 1.82) is 0 Å². The molecule has 0 aliphatic heterocycles. The monoisotopic (exact) mass is 200 g/mol. The van der Waals surface area contributed by atoms with Gasteiger partial charge in [-0.1, -0.05) is 6.07 Å². The summed E-state index contributed by atoms with van der Waals surface area (Å²) in [6, 6.07) is 3.57. The molecular weight excluding hydrogens is 188 g/mol. The Balaban J connectivity index is 3.41. The maximum atomic E-state index is 11.0. The number of aryl methyl sites for hydroxylation is 1. The Kier molecular flexibility index (Phi) is 3.06. The van der Waals surface area contributed by atoms with Crippen LogP contribution < -0.4 is 4.74 Å². The fourth-order valence-electron chi connectivity index (χ4n) is 1.14. The molecule has 0 aliphatic rings. The highest BCUT2D eigenvalue weighted by Gasteiger charge is 2.13. The van der Waals surface area contributed by atoms with E-state index in [0.29, 0.717) is 10.6 Å². The summed E-state index contributed by atoms with van der Waals surface area (Å²) in [5.41, 5.74) is 1.79. The predicted molar refractivity (Wildman–Crippen MR) is 51.5 cm³/mol. The first-order chi connectivity index (χ1) is 6.07. The van der Waals surface area contributed by atoms with Gasteiger partial charge in [-0.25, -0.2) is 4.21 Å². The van der Waals surface area contributed by atoms with Gasteiger partial charge in [-0.3, -0.25) is 0 Å². The van der Waals surface area contributed by atoms with Crippen LogP contribution in [0.4, 0.5) is 0 Å². The van der Waals surface area contributed by atoms with Crippen molar-refractivity contribution < 1.29 is 13.5 Å². The van der Waals surface area contributed by atoms with Crippen LogP contribution in [0, 0.1) is 13.8 Å². The maximum Gasteiger partial charge on any atom is 0.190 e. The van der Waals surface area contributed by atoms with E-state index in [-0.39, 0.29) is 0 Å². The summed E-state index contributed by atoms with van der Waals surface area (Å²) >= 11 is -1.99. The fourth-order valence-corrected chi connectivity index (χ4v) is 1.89. The molecule has 0 bridgehead atoms. The minimum Gasteiger partial charge on any atom is -0.495 e. The highest BCUT2D eigenvalue weighted by Crippen LogP contribution is 2.26. The van der Waals surface area contributed by atoms with Gasteiger partial charge in [0, 0.05) is 0 Å². The van der Waals surface area contributed by atoms with E-state index in [1.807, 2.05) is 13.0 Å². The van der Waals surface area contributed by atoms with E-state index in [1.54, 1.807) is 13.0 Å². The van der Waals surface area contributed by atoms with Gasteiger partial charge in [-0.15, -0.1) is 0 Å². The summed E-state index contributed by atoms with van der Waals surface area (Å²) in [6.45, 7) is 3.70. The largest absolute Gasteiger partial charge is 0.495 e. The van der Waals surface area contributed by atoms with Crippen LogP contribution in [0.3, 0.4) is 0 Å². The lowest BCUT2D eigenvalue weighted by atomic mass is 10.1. The summed E-state index contributed by atoms with van der Waals surface area (Å²) in [5.74, 6) is 0.462. The quantitative estimate of drug-likeness (QED) is 0.741. The maximum absolute atomic E-state index is 11.0. The molecule has 0 saturated heterocycles. The molecule has 1 aromatic carbocycles. The average Bonchev–Trinajstić information content (AvgIpc) is 2.08. The summed E-state index contributed by atoms with van der Waals surface area (Å²) in [4.78, 5) is 0.363. The van der Waals surface area contributed by atoms with Gasteiger partial charge in [-0.2, -0.15) is 0 Å².